The van der Waals surface area contributed by atoms with Gasteiger partial charge in [-0.3, -0.25) is 0 Å². The van der Waals surface area contributed by atoms with Crippen LogP contribution in [-0.2, 0) is 0 Å². The fourth-order valence-corrected chi connectivity index (χ4v) is 2.29. The van der Waals surface area contributed by atoms with Crippen LogP contribution in [0.2, 0.25) is 0 Å². The lowest BCUT2D eigenvalue weighted by Gasteiger charge is -2.27. The Labute approximate surface area is 112 Å². The van der Waals surface area contributed by atoms with Crippen LogP contribution in [0.1, 0.15) is 45.6 Å². The first-order valence-corrected chi connectivity index (χ1v) is 6.82. The summed E-state index contributed by atoms with van der Waals surface area (Å²) in [4.78, 5) is 2.42. The van der Waals surface area contributed by atoms with E-state index in [0.29, 0.717) is 11.3 Å². The normalized spacial score (nSPS) is 13.9. The second-order valence-electron chi connectivity index (χ2n) is 6.65. The summed E-state index contributed by atoms with van der Waals surface area (Å²) < 4.78 is 0. The van der Waals surface area contributed by atoms with Crippen molar-refractivity contribution in [2.24, 2.45) is 5.41 Å². The van der Waals surface area contributed by atoms with Crippen molar-refractivity contribution in [1.29, 1.82) is 0 Å². The van der Waals surface area contributed by atoms with Crippen LogP contribution in [0.3, 0.4) is 0 Å². The van der Waals surface area contributed by atoms with Crippen molar-refractivity contribution in [1.82, 2.24) is 4.90 Å². The molecule has 1 aromatic rings. The Hall–Kier alpha value is -1.02. The standard InChI is InChI=1S/C16H28N2/c1-13(14-6-8-15(17)9-7-14)10-11-18(5)12-16(2,3)4/h6-9,13H,10-12,17H2,1-5H3. The van der Waals surface area contributed by atoms with Gasteiger partial charge in [0.25, 0.3) is 0 Å². The molecule has 0 radical (unpaired) electrons. The third-order valence-corrected chi connectivity index (χ3v) is 3.19. The van der Waals surface area contributed by atoms with E-state index in [1.165, 1.54) is 12.0 Å². The Kier molecular flexibility index (Phi) is 5.21. The smallest absolute Gasteiger partial charge is 0.0314 e. The molecule has 0 heterocycles. The topological polar surface area (TPSA) is 29.3 Å². The molecule has 0 fully saturated rings. The first-order chi connectivity index (χ1) is 8.28. The molecule has 2 N–H and O–H groups in total. The van der Waals surface area contributed by atoms with Gasteiger partial charge in [-0.15, -0.1) is 0 Å². The largest absolute Gasteiger partial charge is 0.399 e. The molecular weight excluding hydrogens is 220 g/mol. The second-order valence-corrected chi connectivity index (χ2v) is 6.65. The van der Waals surface area contributed by atoms with Gasteiger partial charge in [0.15, 0.2) is 0 Å². The molecule has 0 spiro atoms. The van der Waals surface area contributed by atoms with Crippen LogP contribution in [0, 0.1) is 5.41 Å². The molecule has 1 atom stereocenters. The van der Waals surface area contributed by atoms with Gasteiger partial charge in [0.1, 0.15) is 0 Å². The van der Waals surface area contributed by atoms with Crippen LogP contribution in [0.5, 0.6) is 0 Å². The summed E-state index contributed by atoms with van der Waals surface area (Å²) in [6, 6.07) is 8.27. The molecule has 2 nitrogen and oxygen atoms in total. The van der Waals surface area contributed by atoms with Gasteiger partial charge < -0.3 is 10.6 Å². The highest BCUT2D eigenvalue weighted by atomic mass is 15.1. The van der Waals surface area contributed by atoms with Crippen molar-refractivity contribution in [3.05, 3.63) is 29.8 Å². The molecule has 1 aromatic carbocycles. The van der Waals surface area contributed by atoms with Crippen LogP contribution < -0.4 is 5.73 Å². The fraction of sp³-hybridized carbons (Fsp3) is 0.625. The van der Waals surface area contributed by atoms with Crippen LogP contribution in [0.15, 0.2) is 24.3 Å². The molecular formula is C16H28N2. The molecule has 18 heavy (non-hydrogen) atoms. The maximum absolute atomic E-state index is 5.71. The average molecular weight is 248 g/mol. The van der Waals surface area contributed by atoms with E-state index in [4.69, 9.17) is 5.73 Å². The fourth-order valence-electron chi connectivity index (χ4n) is 2.29. The van der Waals surface area contributed by atoms with E-state index in [0.717, 1.165) is 18.8 Å². The lowest BCUT2D eigenvalue weighted by Crippen LogP contribution is -2.30. The minimum Gasteiger partial charge on any atom is -0.399 e. The average Bonchev–Trinajstić information content (AvgIpc) is 2.24. The first-order valence-electron chi connectivity index (χ1n) is 6.82. The van der Waals surface area contributed by atoms with E-state index in [2.05, 4.69) is 51.8 Å². The molecule has 0 aliphatic rings. The van der Waals surface area contributed by atoms with Gasteiger partial charge in [-0.2, -0.15) is 0 Å². The highest BCUT2D eigenvalue weighted by Crippen LogP contribution is 2.21. The molecule has 0 bridgehead atoms. The third kappa shape index (κ3) is 5.54. The summed E-state index contributed by atoms with van der Waals surface area (Å²) in [5.41, 5.74) is 8.31. The second kappa shape index (κ2) is 6.24. The van der Waals surface area contributed by atoms with Gasteiger partial charge in [-0.05, 0) is 49.0 Å². The van der Waals surface area contributed by atoms with E-state index in [9.17, 15) is 0 Å². The highest BCUT2D eigenvalue weighted by Gasteiger charge is 2.14. The summed E-state index contributed by atoms with van der Waals surface area (Å²) >= 11 is 0. The van der Waals surface area contributed by atoms with Crippen LogP contribution in [0.25, 0.3) is 0 Å². The summed E-state index contributed by atoms with van der Waals surface area (Å²) in [6.07, 6.45) is 1.19. The molecule has 0 saturated heterocycles. The zero-order valence-corrected chi connectivity index (χ0v) is 12.5. The number of nitrogens with zero attached hydrogens (tertiary/aromatic N) is 1. The van der Waals surface area contributed by atoms with E-state index in [-0.39, 0.29) is 0 Å². The Bertz CT molecular complexity index is 348. The van der Waals surface area contributed by atoms with Crippen molar-refractivity contribution < 1.29 is 0 Å². The summed E-state index contributed by atoms with van der Waals surface area (Å²) in [7, 11) is 2.21. The summed E-state index contributed by atoms with van der Waals surface area (Å²) in [6.45, 7) is 11.4. The van der Waals surface area contributed by atoms with Crippen LogP contribution in [0.4, 0.5) is 5.69 Å². The molecule has 102 valence electrons. The molecule has 0 saturated carbocycles. The van der Waals surface area contributed by atoms with Crippen molar-refractivity contribution in [3.8, 4) is 0 Å². The third-order valence-electron chi connectivity index (χ3n) is 3.19. The Balaban J connectivity index is 2.41. The number of anilines is 1. The molecule has 1 rings (SSSR count). The lowest BCUT2D eigenvalue weighted by molar-refractivity contribution is 0.222. The number of hydrogen-bond donors (Lipinski definition) is 1. The monoisotopic (exact) mass is 248 g/mol. The summed E-state index contributed by atoms with van der Waals surface area (Å²) in [5.74, 6) is 0.591. The van der Waals surface area contributed by atoms with E-state index < -0.39 is 0 Å². The van der Waals surface area contributed by atoms with Gasteiger partial charge in [-0.1, -0.05) is 39.8 Å². The highest BCUT2D eigenvalue weighted by molar-refractivity contribution is 5.40. The Morgan fingerprint density at radius 2 is 1.72 bits per heavy atom. The van der Waals surface area contributed by atoms with E-state index in [1.807, 2.05) is 12.1 Å². The van der Waals surface area contributed by atoms with Crippen LogP contribution >= 0.6 is 0 Å². The van der Waals surface area contributed by atoms with Crippen molar-refractivity contribution >= 4 is 5.69 Å². The van der Waals surface area contributed by atoms with Gasteiger partial charge in [0.2, 0.25) is 0 Å². The van der Waals surface area contributed by atoms with Gasteiger partial charge in [0.05, 0.1) is 0 Å². The quantitative estimate of drug-likeness (QED) is 0.804. The molecule has 0 aliphatic carbocycles. The van der Waals surface area contributed by atoms with Crippen LogP contribution in [-0.4, -0.2) is 25.0 Å². The number of rotatable bonds is 5. The first kappa shape index (κ1) is 15.0. The number of nitrogens with two attached hydrogens (primary N) is 1. The van der Waals surface area contributed by atoms with Gasteiger partial charge >= 0.3 is 0 Å². The van der Waals surface area contributed by atoms with E-state index >= 15 is 0 Å². The summed E-state index contributed by atoms with van der Waals surface area (Å²) in [5, 5.41) is 0. The molecule has 1 unspecified atom stereocenters. The lowest BCUT2D eigenvalue weighted by atomic mass is 9.94. The van der Waals surface area contributed by atoms with Crippen molar-refractivity contribution in [3.63, 3.8) is 0 Å². The zero-order chi connectivity index (χ0) is 13.8. The van der Waals surface area contributed by atoms with Crippen molar-refractivity contribution in [2.45, 2.75) is 40.0 Å². The molecule has 2 heteroatoms. The maximum Gasteiger partial charge on any atom is 0.0314 e. The van der Waals surface area contributed by atoms with Gasteiger partial charge in [0, 0.05) is 12.2 Å². The number of nitrogen functional groups attached to an aromatic ring is 1. The number of hydrogen-bond acceptors (Lipinski definition) is 2. The predicted octanol–water partition coefficient (Wildman–Crippen LogP) is 3.74. The Morgan fingerprint density at radius 3 is 2.22 bits per heavy atom. The SMILES string of the molecule is CC(CCN(C)CC(C)(C)C)c1ccc(N)cc1. The molecule has 0 amide bonds. The van der Waals surface area contributed by atoms with E-state index in [1.54, 1.807) is 0 Å². The van der Waals surface area contributed by atoms with Crippen molar-refractivity contribution in [2.75, 3.05) is 25.9 Å². The predicted molar refractivity (Wildman–Crippen MR) is 80.8 cm³/mol. The zero-order valence-electron chi connectivity index (χ0n) is 12.5. The maximum atomic E-state index is 5.71. The minimum atomic E-state index is 0.374. The van der Waals surface area contributed by atoms with Gasteiger partial charge in [-0.25, -0.2) is 0 Å². The molecule has 0 aliphatic heterocycles. The minimum absolute atomic E-state index is 0.374. The molecule has 0 aromatic heterocycles. The number of benzene rings is 1. The Morgan fingerprint density at radius 1 is 1.17 bits per heavy atom.